The van der Waals surface area contributed by atoms with Crippen LogP contribution in [-0.2, 0) is 4.79 Å². The summed E-state index contributed by atoms with van der Waals surface area (Å²) in [5.41, 5.74) is 2.05. The van der Waals surface area contributed by atoms with Crippen molar-refractivity contribution in [2.45, 2.75) is 6.42 Å². The highest BCUT2D eigenvalue weighted by Gasteiger charge is 2.03. The van der Waals surface area contributed by atoms with Gasteiger partial charge < -0.3 is 10.6 Å². The predicted molar refractivity (Wildman–Crippen MR) is 126 cm³/mol. The van der Waals surface area contributed by atoms with Crippen LogP contribution in [0.15, 0.2) is 65.1 Å². The highest BCUT2D eigenvalue weighted by molar-refractivity contribution is 14.1. The van der Waals surface area contributed by atoms with Gasteiger partial charge in [-0.3, -0.25) is 9.69 Å². The molecule has 0 fully saturated rings. The smallest absolute Gasteiger partial charge is 0.225 e. The van der Waals surface area contributed by atoms with Crippen molar-refractivity contribution in [1.82, 2.24) is 10.2 Å². The number of nitrogens with one attached hydrogen (secondary N) is 2. The van der Waals surface area contributed by atoms with Crippen molar-refractivity contribution in [2.24, 2.45) is 0 Å². The summed E-state index contributed by atoms with van der Waals surface area (Å²) in [6, 6.07) is 17.9. The highest BCUT2D eigenvalue weighted by atomic mass is 127. The second kappa shape index (κ2) is 13.0. The first-order valence-corrected chi connectivity index (χ1v) is 11.3. The fraction of sp³-hybridized carbons (Fsp3) is 0.286. The summed E-state index contributed by atoms with van der Waals surface area (Å²) >= 11 is 5.77. The van der Waals surface area contributed by atoms with Gasteiger partial charge in [-0.1, -0.05) is 81.0 Å². The fourth-order valence-electron chi connectivity index (χ4n) is 2.42. The minimum Gasteiger partial charge on any atom is -0.326 e. The summed E-state index contributed by atoms with van der Waals surface area (Å²) < 4.78 is 1.98. The van der Waals surface area contributed by atoms with Crippen molar-refractivity contribution >= 4 is 56.2 Å². The van der Waals surface area contributed by atoms with Crippen molar-refractivity contribution in [3.05, 3.63) is 70.7 Å². The molecular formula is C21H25BrIN3O. The molecule has 0 bridgehead atoms. The van der Waals surface area contributed by atoms with E-state index < -0.39 is 0 Å². The van der Waals surface area contributed by atoms with Crippen LogP contribution >= 0.6 is 38.5 Å². The molecule has 2 aromatic carbocycles. The molecule has 2 N–H and O–H groups in total. The molecule has 2 rings (SSSR count). The Labute approximate surface area is 183 Å². The molecule has 0 saturated carbocycles. The number of nitrogens with zero attached hydrogens (tertiary/aromatic N) is 1. The van der Waals surface area contributed by atoms with Gasteiger partial charge in [-0.15, -0.1) is 0 Å². The zero-order chi connectivity index (χ0) is 19.3. The molecule has 0 atom stereocenters. The predicted octanol–water partition coefficient (Wildman–Crippen LogP) is 4.78. The summed E-state index contributed by atoms with van der Waals surface area (Å²) in [6.45, 7) is 3.42. The van der Waals surface area contributed by atoms with E-state index in [4.69, 9.17) is 0 Å². The standard InChI is InChI=1S/C21H25BrIN3O/c22-19-8-10-20(11-9-19)25-21(27)12-13-24-14-16-26(17-23)15-4-7-18-5-2-1-3-6-18/h1-11,24H,12-17H2,(H,25,27)/b7-4+. The number of carbonyl (C=O) groups excluding carboxylic acids is 1. The molecule has 0 radical (unpaired) electrons. The van der Waals surface area contributed by atoms with Gasteiger partial charge in [0, 0.05) is 42.8 Å². The number of hydrogen-bond donors (Lipinski definition) is 2. The quantitative estimate of drug-likeness (QED) is 0.186. The molecule has 27 heavy (non-hydrogen) atoms. The average Bonchev–Trinajstić information content (AvgIpc) is 2.69. The minimum absolute atomic E-state index is 0.0290. The van der Waals surface area contributed by atoms with Crippen LogP contribution in [0.2, 0.25) is 0 Å². The molecule has 0 unspecified atom stereocenters. The summed E-state index contributed by atoms with van der Waals surface area (Å²) in [5.74, 6) is 0.0290. The molecule has 0 aliphatic heterocycles. The van der Waals surface area contributed by atoms with Crippen molar-refractivity contribution in [1.29, 1.82) is 0 Å². The van der Waals surface area contributed by atoms with Crippen LogP contribution in [0.25, 0.3) is 6.08 Å². The van der Waals surface area contributed by atoms with Crippen LogP contribution in [0.1, 0.15) is 12.0 Å². The number of anilines is 1. The van der Waals surface area contributed by atoms with E-state index in [1.165, 1.54) is 5.56 Å². The van der Waals surface area contributed by atoms with Crippen LogP contribution in [0.4, 0.5) is 5.69 Å². The maximum atomic E-state index is 11.9. The molecule has 0 saturated heterocycles. The molecule has 4 nitrogen and oxygen atoms in total. The van der Waals surface area contributed by atoms with Gasteiger partial charge in [0.15, 0.2) is 0 Å². The monoisotopic (exact) mass is 541 g/mol. The van der Waals surface area contributed by atoms with Crippen LogP contribution in [-0.4, -0.2) is 41.5 Å². The van der Waals surface area contributed by atoms with Gasteiger partial charge in [-0.05, 0) is 29.8 Å². The Morgan fingerprint density at radius 1 is 1.07 bits per heavy atom. The number of amides is 1. The maximum absolute atomic E-state index is 11.9. The van der Waals surface area contributed by atoms with Crippen molar-refractivity contribution in [2.75, 3.05) is 36.0 Å². The van der Waals surface area contributed by atoms with E-state index in [0.717, 1.165) is 34.3 Å². The third-order valence-corrected chi connectivity index (χ3v) is 5.40. The Morgan fingerprint density at radius 3 is 2.52 bits per heavy atom. The summed E-state index contributed by atoms with van der Waals surface area (Å²) in [6.07, 6.45) is 4.81. The number of rotatable bonds is 11. The Balaban J connectivity index is 1.58. The van der Waals surface area contributed by atoms with Gasteiger partial charge in [-0.2, -0.15) is 0 Å². The lowest BCUT2D eigenvalue weighted by Crippen LogP contribution is -2.32. The Hall–Kier alpha value is -1.22. The molecule has 6 heteroatoms. The molecule has 2 aromatic rings. The maximum Gasteiger partial charge on any atom is 0.225 e. The lowest BCUT2D eigenvalue weighted by atomic mass is 10.2. The van der Waals surface area contributed by atoms with E-state index in [2.05, 4.69) is 78.3 Å². The normalized spacial score (nSPS) is 11.2. The number of benzene rings is 2. The van der Waals surface area contributed by atoms with Gasteiger partial charge >= 0.3 is 0 Å². The lowest BCUT2D eigenvalue weighted by Gasteiger charge is -2.17. The Bertz CT molecular complexity index is 707. The molecule has 144 valence electrons. The summed E-state index contributed by atoms with van der Waals surface area (Å²) in [5, 5.41) is 6.25. The number of carbonyl (C=O) groups is 1. The Morgan fingerprint density at radius 2 is 1.81 bits per heavy atom. The minimum atomic E-state index is 0.0290. The van der Waals surface area contributed by atoms with Crippen molar-refractivity contribution in [3.8, 4) is 0 Å². The summed E-state index contributed by atoms with van der Waals surface area (Å²) in [4.78, 5) is 14.3. The molecule has 0 aliphatic carbocycles. The van der Waals surface area contributed by atoms with E-state index in [0.29, 0.717) is 13.0 Å². The second-order valence-electron chi connectivity index (χ2n) is 6.06. The highest BCUT2D eigenvalue weighted by Crippen LogP contribution is 2.14. The number of alkyl halides is 1. The van der Waals surface area contributed by atoms with Gasteiger partial charge in [0.1, 0.15) is 0 Å². The van der Waals surface area contributed by atoms with E-state index >= 15 is 0 Å². The van der Waals surface area contributed by atoms with Crippen LogP contribution < -0.4 is 10.6 Å². The van der Waals surface area contributed by atoms with E-state index in [-0.39, 0.29) is 5.91 Å². The van der Waals surface area contributed by atoms with E-state index in [1.807, 2.05) is 42.5 Å². The SMILES string of the molecule is O=C(CCNCCN(CI)C/C=C/c1ccccc1)Nc1ccc(Br)cc1. The molecule has 1 amide bonds. The lowest BCUT2D eigenvalue weighted by molar-refractivity contribution is -0.116. The van der Waals surface area contributed by atoms with E-state index in [1.54, 1.807) is 0 Å². The third-order valence-electron chi connectivity index (χ3n) is 3.90. The summed E-state index contributed by atoms with van der Waals surface area (Å²) in [7, 11) is 0. The zero-order valence-corrected chi connectivity index (χ0v) is 18.9. The van der Waals surface area contributed by atoms with Crippen LogP contribution in [0.5, 0.6) is 0 Å². The average molecular weight is 542 g/mol. The first-order valence-electron chi connectivity index (χ1n) is 8.93. The van der Waals surface area contributed by atoms with Crippen molar-refractivity contribution in [3.63, 3.8) is 0 Å². The molecule has 0 aromatic heterocycles. The van der Waals surface area contributed by atoms with Gasteiger partial charge in [-0.25, -0.2) is 0 Å². The van der Waals surface area contributed by atoms with Gasteiger partial charge in [0.25, 0.3) is 0 Å². The zero-order valence-electron chi connectivity index (χ0n) is 15.2. The van der Waals surface area contributed by atoms with E-state index in [9.17, 15) is 4.79 Å². The van der Waals surface area contributed by atoms with Crippen LogP contribution in [0, 0.1) is 0 Å². The first-order chi connectivity index (χ1) is 13.2. The molecular weight excluding hydrogens is 517 g/mol. The molecule has 0 spiro atoms. The number of hydrogen-bond acceptors (Lipinski definition) is 3. The molecule has 0 heterocycles. The first kappa shape index (κ1) is 22.1. The topological polar surface area (TPSA) is 44.4 Å². The largest absolute Gasteiger partial charge is 0.326 e. The van der Waals surface area contributed by atoms with Gasteiger partial charge in [0.2, 0.25) is 5.91 Å². The Kier molecular flexibility index (Phi) is 10.7. The third kappa shape index (κ3) is 9.51. The second-order valence-corrected chi connectivity index (χ2v) is 7.66. The van der Waals surface area contributed by atoms with Crippen LogP contribution in [0.3, 0.4) is 0 Å². The molecule has 0 aliphatic rings. The fourth-order valence-corrected chi connectivity index (χ4v) is 3.31. The van der Waals surface area contributed by atoms with Crippen molar-refractivity contribution < 1.29 is 4.79 Å². The van der Waals surface area contributed by atoms with Gasteiger partial charge in [0.05, 0.1) is 4.55 Å². The number of halogens is 2.